The Morgan fingerprint density at radius 2 is 2.00 bits per heavy atom. The molecule has 1 aromatic carbocycles. The van der Waals surface area contributed by atoms with Crippen LogP contribution in [-0.4, -0.2) is 48.3 Å². The summed E-state index contributed by atoms with van der Waals surface area (Å²) in [6.07, 6.45) is 3.50. The molecule has 1 unspecified atom stereocenters. The lowest BCUT2D eigenvalue weighted by atomic mass is 10.1. The zero-order chi connectivity index (χ0) is 15.2. The number of aliphatic hydroxyl groups excluding tert-OH is 1. The molecule has 116 valence electrons. The van der Waals surface area contributed by atoms with Crippen LogP contribution in [0.25, 0.3) is 0 Å². The molecule has 0 radical (unpaired) electrons. The van der Waals surface area contributed by atoms with E-state index in [1.807, 2.05) is 37.4 Å². The van der Waals surface area contributed by atoms with Gasteiger partial charge in [-0.25, -0.2) is 0 Å². The largest absolute Gasteiger partial charge is 0.393 e. The topological polar surface area (TPSA) is 52.6 Å². The monoisotopic (exact) mass is 308 g/mol. The first-order valence-electron chi connectivity index (χ1n) is 7.43. The number of nitrogens with one attached hydrogen (secondary N) is 1. The molecule has 1 saturated heterocycles. The molecule has 1 aliphatic heterocycles. The van der Waals surface area contributed by atoms with E-state index in [4.69, 9.17) is 0 Å². The predicted molar refractivity (Wildman–Crippen MR) is 89.2 cm³/mol. The molecule has 1 aromatic rings. The van der Waals surface area contributed by atoms with E-state index in [1.165, 1.54) is 0 Å². The second-order valence-electron chi connectivity index (χ2n) is 5.59. The van der Waals surface area contributed by atoms with E-state index < -0.39 is 0 Å². The number of piperidine rings is 1. The van der Waals surface area contributed by atoms with E-state index in [1.54, 1.807) is 11.8 Å². The van der Waals surface area contributed by atoms with E-state index in [0.29, 0.717) is 5.56 Å². The first-order valence-corrected chi connectivity index (χ1v) is 8.82. The molecule has 0 aliphatic carbocycles. The van der Waals surface area contributed by atoms with Crippen LogP contribution in [-0.2, 0) is 0 Å². The van der Waals surface area contributed by atoms with Crippen LogP contribution in [0, 0.1) is 0 Å². The zero-order valence-electron chi connectivity index (χ0n) is 12.7. The minimum Gasteiger partial charge on any atom is -0.393 e. The molecule has 0 bridgehead atoms. The number of carbonyl (C=O) groups excluding carboxylic acids is 1. The van der Waals surface area contributed by atoms with Crippen LogP contribution in [0.15, 0.2) is 24.3 Å². The summed E-state index contributed by atoms with van der Waals surface area (Å²) in [5.41, 5.74) is 1.82. The Bertz CT molecular complexity index is 456. The summed E-state index contributed by atoms with van der Waals surface area (Å²) < 4.78 is 0. The van der Waals surface area contributed by atoms with E-state index in [9.17, 15) is 9.90 Å². The van der Waals surface area contributed by atoms with Crippen LogP contribution < -0.4 is 10.2 Å². The maximum atomic E-state index is 12.1. The third-order valence-electron chi connectivity index (χ3n) is 3.75. The fourth-order valence-electron chi connectivity index (χ4n) is 2.55. The van der Waals surface area contributed by atoms with Gasteiger partial charge in [0, 0.05) is 36.1 Å². The quantitative estimate of drug-likeness (QED) is 0.875. The molecule has 0 aromatic heterocycles. The first-order chi connectivity index (χ1) is 10.1. The van der Waals surface area contributed by atoms with Gasteiger partial charge in [0.05, 0.1) is 6.10 Å². The molecule has 1 aliphatic rings. The maximum Gasteiger partial charge on any atom is 0.251 e. The summed E-state index contributed by atoms with van der Waals surface area (Å²) in [7, 11) is 0. The Kier molecular flexibility index (Phi) is 5.94. The Balaban J connectivity index is 1.93. The SMILES string of the molecule is CSCC(C)NC(=O)c1ccc(N2CCC(O)CC2)cc1. The van der Waals surface area contributed by atoms with Crippen LogP contribution in [0.1, 0.15) is 30.1 Å². The number of amides is 1. The van der Waals surface area contributed by atoms with E-state index >= 15 is 0 Å². The lowest BCUT2D eigenvalue weighted by molar-refractivity contribution is 0.0944. The number of benzene rings is 1. The smallest absolute Gasteiger partial charge is 0.251 e. The molecule has 5 heteroatoms. The average Bonchev–Trinajstić information content (AvgIpc) is 2.48. The van der Waals surface area contributed by atoms with Crippen molar-refractivity contribution in [2.45, 2.75) is 31.9 Å². The lowest BCUT2D eigenvalue weighted by Crippen LogP contribution is -2.36. The summed E-state index contributed by atoms with van der Waals surface area (Å²) in [5.74, 6) is 0.900. The average molecular weight is 308 g/mol. The van der Waals surface area contributed by atoms with Gasteiger partial charge in [0.2, 0.25) is 0 Å². The molecule has 1 heterocycles. The third kappa shape index (κ3) is 4.64. The normalized spacial score (nSPS) is 17.6. The Hall–Kier alpha value is -1.20. The van der Waals surface area contributed by atoms with Gasteiger partial charge in [-0.2, -0.15) is 11.8 Å². The van der Waals surface area contributed by atoms with Crippen LogP contribution >= 0.6 is 11.8 Å². The van der Waals surface area contributed by atoms with Crippen molar-refractivity contribution in [3.63, 3.8) is 0 Å². The van der Waals surface area contributed by atoms with Gasteiger partial charge in [-0.3, -0.25) is 4.79 Å². The van der Waals surface area contributed by atoms with Gasteiger partial charge >= 0.3 is 0 Å². The molecular weight excluding hydrogens is 284 g/mol. The van der Waals surface area contributed by atoms with Gasteiger partial charge in [-0.15, -0.1) is 0 Å². The highest BCUT2D eigenvalue weighted by Crippen LogP contribution is 2.20. The van der Waals surface area contributed by atoms with Gasteiger partial charge in [0.25, 0.3) is 5.91 Å². The van der Waals surface area contributed by atoms with Crippen LogP contribution in [0.4, 0.5) is 5.69 Å². The molecule has 2 N–H and O–H groups in total. The Morgan fingerprint density at radius 1 is 1.38 bits per heavy atom. The van der Waals surface area contributed by atoms with Crippen molar-refractivity contribution in [3.05, 3.63) is 29.8 Å². The summed E-state index contributed by atoms with van der Waals surface area (Å²) in [5, 5.41) is 12.5. The van der Waals surface area contributed by atoms with Crippen molar-refractivity contribution in [2.75, 3.05) is 30.0 Å². The molecule has 2 rings (SSSR count). The van der Waals surface area contributed by atoms with Crippen molar-refractivity contribution in [3.8, 4) is 0 Å². The second-order valence-corrected chi connectivity index (χ2v) is 6.51. The Morgan fingerprint density at radius 3 is 2.57 bits per heavy atom. The molecule has 0 spiro atoms. The molecule has 1 atom stereocenters. The third-order valence-corrected chi connectivity index (χ3v) is 4.59. The first kappa shape index (κ1) is 16.2. The predicted octanol–water partition coefficient (Wildman–Crippen LogP) is 2.13. The molecule has 1 fully saturated rings. The van der Waals surface area contributed by atoms with Gasteiger partial charge in [0.15, 0.2) is 0 Å². The van der Waals surface area contributed by atoms with Gasteiger partial charge < -0.3 is 15.3 Å². The lowest BCUT2D eigenvalue weighted by Gasteiger charge is -2.31. The van der Waals surface area contributed by atoms with Gasteiger partial charge in [-0.1, -0.05) is 0 Å². The molecule has 4 nitrogen and oxygen atoms in total. The second kappa shape index (κ2) is 7.71. The highest BCUT2D eigenvalue weighted by atomic mass is 32.2. The minimum atomic E-state index is -0.163. The van der Waals surface area contributed by atoms with Crippen LogP contribution in [0.2, 0.25) is 0 Å². The number of thioether (sulfide) groups is 1. The number of rotatable bonds is 5. The van der Waals surface area contributed by atoms with E-state index in [-0.39, 0.29) is 18.1 Å². The molecular formula is C16H24N2O2S. The minimum absolute atomic E-state index is 0.0165. The number of hydrogen-bond acceptors (Lipinski definition) is 4. The highest BCUT2D eigenvalue weighted by molar-refractivity contribution is 7.98. The Labute approximate surface area is 130 Å². The number of hydrogen-bond donors (Lipinski definition) is 2. The molecule has 1 amide bonds. The number of aliphatic hydroxyl groups is 1. The van der Waals surface area contributed by atoms with Crippen molar-refractivity contribution >= 4 is 23.4 Å². The van der Waals surface area contributed by atoms with Crippen LogP contribution in [0.5, 0.6) is 0 Å². The van der Waals surface area contributed by atoms with Crippen molar-refractivity contribution < 1.29 is 9.90 Å². The van der Waals surface area contributed by atoms with E-state index in [2.05, 4.69) is 10.2 Å². The van der Waals surface area contributed by atoms with Crippen molar-refractivity contribution in [1.82, 2.24) is 5.32 Å². The van der Waals surface area contributed by atoms with Crippen LogP contribution in [0.3, 0.4) is 0 Å². The van der Waals surface area contributed by atoms with Crippen molar-refractivity contribution in [2.24, 2.45) is 0 Å². The van der Waals surface area contributed by atoms with E-state index in [0.717, 1.165) is 37.4 Å². The fraction of sp³-hybridized carbons (Fsp3) is 0.562. The summed E-state index contributed by atoms with van der Waals surface area (Å²) in [6, 6.07) is 7.91. The fourth-order valence-corrected chi connectivity index (χ4v) is 3.13. The van der Waals surface area contributed by atoms with Gasteiger partial charge in [-0.05, 0) is 50.3 Å². The van der Waals surface area contributed by atoms with Crippen molar-refractivity contribution in [1.29, 1.82) is 0 Å². The maximum absolute atomic E-state index is 12.1. The molecule has 21 heavy (non-hydrogen) atoms. The zero-order valence-corrected chi connectivity index (χ0v) is 13.5. The summed E-state index contributed by atoms with van der Waals surface area (Å²) in [6.45, 7) is 3.76. The number of carbonyl (C=O) groups is 1. The highest BCUT2D eigenvalue weighted by Gasteiger charge is 2.17. The summed E-state index contributed by atoms with van der Waals surface area (Å²) in [4.78, 5) is 14.3. The summed E-state index contributed by atoms with van der Waals surface area (Å²) >= 11 is 1.73. The molecule has 0 saturated carbocycles. The van der Waals surface area contributed by atoms with Gasteiger partial charge in [0.1, 0.15) is 0 Å². The number of anilines is 1. The number of nitrogens with zero attached hydrogens (tertiary/aromatic N) is 1. The standard InChI is InChI=1S/C16H24N2O2S/c1-12(11-21-2)17-16(20)13-3-5-14(6-4-13)18-9-7-15(19)8-10-18/h3-6,12,15,19H,7-11H2,1-2H3,(H,17,20).